The Balaban J connectivity index is 1.41. The predicted molar refractivity (Wildman–Crippen MR) is 99.2 cm³/mol. The molecule has 1 N–H and O–H groups in total. The van der Waals surface area contributed by atoms with Crippen molar-refractivity contribution in [2.24, 2.45) is 0 Å². The fourth-order valence-electron chi connectivity index (χ4n) is 3.61. The summed E-state index contributed by atoms with van der Waals surface area (Å²) in [5, 5.41) is 11.8. The SMILES string of the molecule is Cc1c(C(=O)NCc2cnn(-c3ccccc3)c2)cnn1C1CCCC1. The van der Waals surface area contributed by atoms with Gasteiger partial charge in [-0.05, 0) is 31.9 Å². The molecular weight excluding hydrogens is 326 g/mol. The molecule has 1 aromatic carbocycles. The largest absolute Gasteiger partial charge is 0.348 e. The topological polar surface area (TPSA) is 64.7 Å². The normalized spacial score (nSPS) is 14.7. The van der Waals surface area contributed by atoms with Crippen molar-refractivity contribution in [3.05, 3.63) is 65.7 Å². The second kappa shape index (κ2) is 7.15. The lowest BCUT2D eigenvalue weighted by Gasteiger charge is -2.12. The van der Waals surface area contributed by atoms with E-state index in [-0.39, 0.29) is 5.91 Å². The Hall–Kier alpha value is -2.89. The molecule has 1 saturated carbocycles. The average molecular weight is 349 g/mol. The molecule has 0 saturated heterocycles. The molecule has 0 aliphatic heterocycles. The van der Waals surface area contributed by atoms with Gasteiger partial charge in [0.2, 0.25) is 0 Å². The molecule has 0 radical (unpaired) electrons. The molecule has 4 rings (SSSR count). The van der Waals surface area contributed by atoms with E-state index in [9.17, 15) is 4.79 Å². The van der Waals surface area contributed by atoms with E-state index in [1.54, 1.807) is 12.4 Å². The van der Waals surface area contributed by atoms with Crippen LogP contribution in [0.25, 0.3) is 5.69 Å². The molecule has 0 atom stereocenters. The summed E-state index contributed by atoms with van der Waals surface area (Å²) in [7, 11) is 0. The number of nitrogens with zero attached hydrogens (tertiary/aromatic N) is 4. The third-order valence-corrected chi connectivity index (χ3v) is 5.07. The molecule has 26 heavy (non-hydrogen) atoms. The van der Waals surface area contributed by atoms with Crippen molar-refractivity contribution in [1.82, 2.24) is 24.9 Å². The summed E-state index contributed by atoms with van der Waals surface area (Å²) >= 11 is 0. The Bertz CT molecular complexity index is 890. The monoisotopic (exact) mass is 349 g/mol. The summed E-state index contributed by atoms with van der Waals surface area (Å²) in [6, 6.07) is 10.4. The number of nitrogens with one attached hydrogen (secondary N) is 1. The van der Waals surface area contributed by atoms with Gasteiger partial charge in [0.1, 0.15) is 0 Å². The number of hydrogen-bond donors (Lipinski definition) is 1. The highest BCUT2D eigenvalue weighted by Gasteiger charge is 2.22. The van der Waals surface area contributed by atoms with Gasteiger partial charge in [0.25, 0.3) is 5.91 Å². The fraction of sp³-hybridized carbons (Fsp3) is 0.350. The summed E-state index contributed by atoms with van der Waals surface area (Å²) < 4.78 is 3.83. The van der Waals surface area contributed by atoms with E-state index >= 15 is 0 Å². The van der Waals surface area contributed by atoms with Gasteiger partial charge in [0.05, 0.1) is 29.7 Å². The van der Waals surface area contributed by atoms with Crippen LogP contribution >= 0.6 is 0 Å². The van der Waals surface area contributed by atoms with Crippen LogP contribution in [-0.4, -0.2) is 25.5 Å². The first-order valence-corrected chi connectivity index (χ1v) is 9.13. The lowest BCUT2D eigenvalue weighted by molar-refractivity contribution is 0.0950. The number of aromatic nitrogens is 4. The molecule has 1 aliphatic carbocycles. The van der Waals surface area contributed by atoms with Gasteiger partial charge in [0, 0.05) is 24.0 Å². The lowest BCUT2D eigenvalue weighted by Crippen LogP contribution is -2.23. The molecule has 3 aromatic rings. The molecule has 0 unspecified atom stereocenters. The van der Waals surface area contributed by atoms with Gasteiger partial charge in [-0.1, -0.05) is 31.0 Å². The maximum atomic E-state index is 12.6. The Morgan fingerprint density at radius 3 is 2.69 bits per heavy atom. The molecular formula is C20H23N5O. The first kappa shape index (κ1) is 16.6. The second-order valence-electron chi connectivity index (χ2n) is 6.84. The maximum Gasteiger partial charge on any atom is 0.255 e. The van der Waals surface area contributed by atoms with Crippen LogP contribution in [-0.2, 0) is 6.54 Å². The van der Waals surface area contributed by atoms with Crippen molar-refractivity contribution in [3.8, 4) is 5.69 Å². The van der Waals surface area contributed by atoms with Crippen LogP contribution in [0.1, 0.15) is 53.3 Å². The quantitative estimate of drug-likeness (QED) is 0.767. The number of carbonyl (C=O) groups is 1. The van der Waals surface area contributed by atoms with Crippen LogP contribution in [0.5, 0.6) is 0 Å². The highest BCUT2D eigenvalue weighted by atomic mass is 16.1. The highest BCUT2D eigenvalue weighted by Crippen LogP contribution is 2.30. The third kappa shape index (κ3) is 3.27. The van der Waals surface area contributed by atoms with Crippen LogP contribution in [0.2, 0.25) is 0 Å². The average Bonchev–Trinajstić information content (AvgIpc) is 3.41. The van der Waals surface area contributed by atoms with E-state index in [1.807, 2.05) is 52.8 Å². The number of hydrogen-bond acceptors (Lipinski definition) is 3. The Labute approximate surface area is 152 Å². The van der Waals surface area contributed by atoms with Crippen LogP contribution in [0, 0.1) is 6.92 Å². The molecule has 2 aromatic heterocycles. The van der Waals surface area contributed by atoms with E-state index in [4.69, 9.17) is 0 Å². The van der Waals surface area contributed by atoms with E-state index < -0.39 is 0 Å². The first-order valence-electron chi connectivity index (χ1n) is 9.13. The van der Waals surface area contributed by atoms with Gasteiger partial charge in [-0.25, -0.2) is 4.68 Å². The number of para-hydroxylation sites is 1. The van der Waals surface area contributed by atoms with Crippen molar-refractivity contribution in [2.75, 3.05) is 0 Å². The molecule has 134 valence electrons. The molecule has 0 bridgehead atoms. The van der Waals surface area contributed by atoms with Crippen molar-refractivity contribution >= 4 is 5.91 Å². The van der Waals surface area contributed by atoms with Gasteiger partial charge < -0.3 is 5.32 Å². The summed E-state index contributed by atoms with van der Waals surface area (Å²) in [5.41, 5.74) is 3.57. The minimum absolute atomic E-state index is 0.0841. The van der Waals surface area contributed by atoms with Gasteiger partial charge in [0.15, 0.2) is 0 Å². The van der Waals surface area contributed by atoms with Crippen molar-refractivity contribution in [2.45, 2.75) is 45.2 Å². The van der Waals surface area contributed by atoms with Gasteiger partial charge in [-0.2, -0.15) is 10.2 Å². The zero-order valence-electron chi connectivity index (χ0n) is 14.9. The van der Waals surface area contributed by atoms with Crippen LogP contribution in [0.3, 0.4) is 0 Å². The van der Waals surface area contributed by atoms with E-state index in [0.29, 0.717) is 18.2 Å². The summed E-state index contributed by atoms with van der Waals surface area (Å²) in [6.45, 7) is 2.42. The Morgan fingerprint density at radius 2 is 1.92 bits per heavy atom. The predicted octanol–water partition coefficient (Wildman–Crippen LogP) is 3.42. The third-order valence-electron chi connectivity index (χ3n) is 5.07. The highest BCUT2D eigenvalue weighted by molar-refractivity contribution is 5.95. The molecule has 1 aliphatic rings. The molecule has 1 fully saturated rings. The fourth-order valence-corrected chi connectivity index (χ4v) is 3.61. The van der Waals surface area contributed by atoms with Gasteiger partial charge >= 0.3 is 0 Å². The summed E-state index contributed by atoms with van der Waals surface area (Å²) in [5.74, 6) is -0.0841. The maximum absolute atomic E-state index is 12.6. The van der Waals surface area contributed by atoms with E-state index in [1.165, 1.54) is 12.8 Å². The zero-order valence-corrected chi connectivity index (χ0v) is 14.9. The minimum atomic E-state index is -0.0841. The number of benzene rings is 1. The Morgan fingerprint density at radius 1 is 1.15 bits per heavy atom. The van der Waals surface area contributed by atoms with Crippen molar-refractivity contribution < 1.29 is 4.79 Å². The van der Waals surface area contributed by atoms with E-state index in [0.717, 1.165) is 29.8 Å². The van der Waals surface area contributed by atoms with Gasteiger partial charge in [-0.3, -0.25) is 9.48 Å². The smallest absolute Gasteiger partial charge is 0.255 e. The first-order chi connectivity index (χ1) is 12.7. The number of carbonyl (C=O) groups excluding carboxylic acids is 1. The molecule has 0 spiro atoms. The van der Waals surface area contributed by atoms with Crippen LogP contribution in [0.4, 0.5) is 0 Å². The second-order valence-corrected chi connectivity index (χ2v) is 6.84. The minimum Gasteiger partial charge on any atom is -0.348 e. The van der Waals surface area contributed by atoms with Crippen LogP contribution in [0.15, 0.2) is 48.9 Å². The standard InChI is InChI=1S/C20H23N5O/c1-15-19(13-23-25(15)18-9-5-6-10-18)20(26)21-11-16-12-22-24(14-16)17-7-3-2-4-8-17/h2-4,7-8,12-14,18H,5-6,9-11H2,1H3,(H,21,26). The van der Waals surface area contributed by atoms with Crippen molar-refractivity contribution in [1.29, 1.82) is 0 Å². The van der Waals surface area contributed by atoms with Crippen LogP contribution < -0.4 is 5.32 Å². The summed E-state index contributed by atoms with van der Waals surface area (Å²) in [6.07, 6.45) is 10.2. The molecule has 1 amide bonds. The molecule has 2 heterocycles. The van der Waals surface area contributed by atoms with Gasteiger partial charge in [-0.15, -0.1) is 0 Å². The Kier molecular flexibility index (Phi) is 4.56. The molecule has 6 heteroatoms. The van der Waals surface area contributed by atoms with Crippen molar-refractivity contribution in [3.63, 3.8) is 0 Å². The zero-order chi connectivity index (χ0) is 17.9. The van der Waals surface area contributed by atoms with E-state index in [2.05, 4.69) is 15.5 Å². The molecule has 6 nitrogen and oxygen atoms in total. The number of rotatable bonds is 5. The summed E-state index contributed by atoms with van der Waals surface area (Å²) in [4.78, 5) is 12.6. The lowest BCUT2D eigenvalue weighted by atomic mass is 10.2. The number of amides is 1.